The standard InChI is InChI=1S/C12H22N2O2/c1-9(13-2)12(16)14-11(8-15)10-6-4-3-5-7-10/h8-11,13H,3-7H2,1-2H3,(H,14,16)/t9-,11?/m0/s1. The molecule has 0 radical (unpaired) electrons. The second kappa shape index (κ2) is 6.63. The number of rotatable bonds is 5. The molecular weight excluding hydrogens is 204 g/mol. The molecule has 2 atom stereocenters. The van der Waals surface area contributed by atoms with Crippen LogP contribution in [-0.2, 0) is 9.59 Å². The van der Waals surface area contributed by atoms with E-state index in [1.54, 1.807) is 14.0 Å². The van der Waals surface area contributed by atoms with Gasteiger partial charge in [0.1, 0.15) is 6.29 Å². The highest BCUT2D eigenvalue weighted by Crippen LogP contribution is 2.25. The molecular formula is C12H22N2O2. The van der Waals surface area contributed by atoms with E-state index < -0.39 is 0 Å². The molecule has 1 rings (SSSR count). The molecule has 1 amide bonds. The maximum Gasteiger partial charge on any atom is 0.237 e. The second-order valence-electron chi connectivity index (χ2n) is 4.58. The molecule has 0 bridgehead atoms. The summed E-state index contributed by atoms with van der Waals surface area (Å²) in [4.78, 5) is 22.7. The molecule has 2 N–H and O–H groups in total. The van der Waals surface area contributed by atoms with Crippen LogP contribution in [0.1, 0.15) is 39.0 Å². The van der Waals surface area contributed by atoms with Crippen LogP contribution in [-0.4, -0.2) is 31.3 Å². The van der Waals surface area contributed by atoms with Gasteiger partial charge in [0.25, 0.3) is 0 Å². The molecule has 0 heterocycles. The fraction of sp³-hybridized carbons (Fsp3) is 0.833. The van der Waals surface area contributed by atoms with Crippen molar-refractivity contribution in [2.75, 3.05) is 7.05 Å². The first-order valence-electron chi connectivity index (χ1n) is 6.12. The first-order valence-corrected chi connectivity index (χ1v) is 6.12. The zero-order valence-corrected chi connectivity index (χ0v) is 10.2. The molecule has 16 heavy (non-hydrogen) atoms. The van der Waals surface area contributed by atoms with E-state index in [-0.39, 0.29) is 18.0 Å². The predicted octanol–water partition coefficient (Wildman–Crippen LogP) is 0.858. The zero-order chi connectivity index (χ0) is 12.0. The van der Waals surface area contributed by atoms with Gasteiger partial charge in [0.05, 0.1) is 12.1 Å². The van der Waals surface area contributed by atoms with Gasteiger partial charge in [-0.3, -0.25) is 4.79 Å². The Labute approximate surface area is 97.2 Å². The van der Waals surface area contributed by atoms with Gasteiger partial charge in [0.15, 0.2) is 0 Å². The Morgan fingerprint density at radius 3 is 2.44 bits per heavy atom. The number of aldehydes is 1. The fourth-order valence-corrected chi connectivity index (χ4v) is 2.18. The largest absolute Gasteiger partial charge is 0.345 e. The van der Waals surface area contributed by atoms with Crippen molar-refractivity contribution in [1.82, 2.24) is 10.6 Å². The number of carbonyl (C=O) groups is 2. The summed E-state index contributed by atoms with van der Waals surface area (Å²) in [5.74, 6) is 0.240. The number of amides is 1. The summed E-state index contributed by atoms with van der Waals surface area (Å²) in [6.45, 7) is 1.79. The van der Waals surface area contributed by atoms with E-state index in [0.717, 1.165) is 19.1 Å². The molecule has 0 aromatic carbocycles. The lowest BCUT2D eigenvalue weighted by Gasteiger charge is -2.28. The lowest BCUT2D eigenvalue weighted by Crippen LogP contribution is -2.48. The van der Waals surface area contributed by atoms with E-state index >= 15 is 0 Å². The van der Waals surface area contributed by atoms with Crippen molar-refractivity contribution in [3.8, 4) is 0 Å². The van der Waals surface area contributed by atoms with E-state index in [1.165, 1.54) is 19.3 Å². The van der Waals surface area contributed by atoms with Gasteiger partial charge in [-0.1, -0.05) is 19.3 Å². The Bertz CT molecular complexity index is 237. The summed E-state index contributed by atoms with van der Waals surface area (Å²) >= 11 is 0. The third kappa shape index (κ3) is 3.59. The van der Waals surface area contributed by atoms with Crippen molar-refractivity contribution in [3.05, 3.63) is 0 Å². The van der Waals surface area contributed by atoms with Crippen LogP contribution >= 0.6 is 0 Å². The number of nitrogens with one attached hydrogen (secondary N) is 2. The van der Waals surface area contributed by atoms with Crippen LogP contribution in [0.25, 0.3) is 0 Å². The van der Waals surface area contributed by atoms with Crippen molar-refractivity contribution in [1.29, 1.82) is 0 Å². The highest BCUT2D eigenvalue weighted by Gasteiger charge is 2.25. The molecule has 0 saturated heterocycles. The van der Waals surface area contributed by atoms with Gasteiger partial charge in [-0.15, -0.1) is 0 Å². The van der Waals surface area contributed by atoms with Gasteiger partial charge in [-0.25, -0.2) is 0 Å². The fourth-order valence-electron chi connectivity index (χ4n) is 2.18. The van der Waals surface area contributed by atoms with Crippen molar-refractivity contribution >= 4 is 12.2 Å². The lowest BCUT2D eigenvalue weighted by molar-refractivity contribution is -0.126. The summed E-state index contributed by atoms with van der Waals surface area (Å²) in [6, 6.07) is -0.547. The molecule has 1 aliphatic rings. The Kier molecular flexibility index (Phi) is 5.46. The number of likely N-dealkylation sites (N-methyl/N-ethyl adjacent to an activating group) is 1. The van der Waals surface area contributed by atoms with Crippen LogP contribution < -0.4 is 10.6 Å². The van der Waals surface area contributed by atoms with Crippen LogP contribution in [0.4, 0.5) is 0 Å². The molecule has 1 unspecified atom stereocenters. The molecule has 1 aliphatic carbocycles. The highest BCUT2D eigenvalue weighted by atomic mass is 16.2. The quantitative estimate of drug-likeness (QED) is 0.684. The minimum absolute atomic E-state index is 0.0924. The van der Waals surface area contributed by atoms with Crippen molar-refractivity contribution in [2.24, 2.45) is 5.92 Å². The summed E-state index contributed by atoms with van der Waals surface area (Å²) < 4.78 is 0. The Balaban J connectivity index is 2.47. The summed E-state index contributed by atoms with van der Waals surface area (Å²) in [6.07, 6.45) is 6.59. The third-order valence-electron chi connectivity index (χ3n) is 3.44. The average molecular weight is 226 g/mol. The van der Waals surface area contributed by atoms with Gasteiger partial charge < -0.3 is 15.4 Å². The van der Waals surface area contributed by atoms with E-state index in [2.05, 4.69) is 10.6 Å². The number of hydrogen-bond acceptors (Lipinski definition) is 3. The minimum Gasteiger partial charge on any atom is -0.345 e. The van der Waals surface area contributed by atoms with Crippen molar-refractivity contribution in [2.45, 2.75) is 51.1 Å². The van der Waals surface area contributed by atoms with Gasteiger partial charge in [-0.05, 0) is 32.7 Å². The second-order valence-corrected chi connectivity index (χ2v) is 4.58. The topological polar surface area (TPSA) is 58.2 Å². The number of hydrogen-bond donors (Lipinski definition) is 2. The average Bonchev–Trinajstić information content (AvgIpc) is 2.35. The Morgan fingerprint density at radius 1 is 1.31 bits per heavy atom. The normalized spacial score (nSPS) is 21.1. The third-order valence-corrected chi connectivity index (χ3v) is 3.44. The van der Waals surface area contributed by atoms with Crippen LogP contribution in [0.15, 0.2) is 0 Å². The van der Waals surface area contributed by atoms with Crippen LogP contribution in [0.3, 0.4) is 0 Å². The molecule has 0 spiro atoms. The van der Waals surface area contributed by atoms with Crippen LogP contribution in [0.5, 0.6) is 0 Å². The van der Waals surface area contributed by atoms with E-state index in [9.17, 15) is 9.59 Å². The van der Waals surface area contributed by atoms with E-state index in [1.807, 2.05) is 0 Å². The monoisotopic (exact) mass is 226 g/mol. The molecule has 1 fully saturated rings. The smallest absolute Gasteiger partial charge is 0.237 e. The first-order chi connectivity index (χ1) is 7.69. The molecule has 1 saturated carbocycles. The van der Waals surface area contributed by atoms with E-state index in [0.29, 0.717) is 5.92 Å². The summed E-state index contributed by atoms with van der Waals surface area (Å²) in [7, 11) is 1.74. The Morgan fingerprint density at radius 2 is 1.94 bits per heavy atom. The number of carbonyl (C=O) groups excluding carboxylic acids is 2. The van der Waals surface area contributed by atoms with Crippen LogP contribution in [0.2, 0.25) is 0 Å². The predicted molar refractivity (Wildman–Crippen MR) is 63.1 cm³/mol. The summed E-state index contributed by atoms with van der Waals surface area (Å²) in [5, 5.41) is 5.69. The Hall–Kier alpha value is -0.900. The molecule has 4 nitrogen and oxygen atoms in total. The zero-order valence-electron chi connectivity index (χ0n) is 10.2. The minimum atomic E-state index is -0.302. The molecule has 0 aromatic rings. The molecule has 0 aliphatic heterocycles. The first kappa shape index (κ1) is 13.2. The van der Waals surface area contributed by atoms with Gasteiger partial charge >= 0.3 is 0 Å². The molecule has 4 heteroatoms. The van der Waals surface area contributed by atoms with Crippen LogP contribution in [0, 0.1) is 5.92 Å². The van der Waals surface area contributed by atoms with Crippen molar-refractivity contribution in [3.63, 3.8) is 0 Å². The van der Waals surface area contributed by atoms with Gasteiger partial charge in [0, 0.05) is 0 Å². The SMILES string of the molecule is CN[C@@H](C)C(=O)NC(C=O)C1CCCCC1. The molecule has 92 valence electrons. The maximum absolute atomic E-state index is 11.7. The van der Waals surface area contributed by atoms with Crippen molar-refractivity contribution < 1.29 is 9.59 Å². The summed E-state index contributed by atoms with van der Waals surface area (Å²) in [5.41, 5.74) is 0. The van der Waals surface area contributed by atoms with Gasteiger partial charge in [0.2, 0.25) is 5.91 Å². The highest BCUT2D eigenvalue weighted by molar-refractivity contribution is 5.84. The van der Waals surface area contributed by atoms with E-state index in [4.69, 9.17) is 0 Å². The van der Waals surface area contributed by atoms with Gasteiger partial charge in [-0.2, -0.15) is 0 Å². The molecule has 0 aromatic heterocycles. The lowest BCUT2D eigenvalue weighted by atomic mass is 9.84. The maximum atomic E-state index is 11.7.